The van der Waals surface area contributed by atoms with Gasteiger partial charge in [-0.15, -0.1) is 0 Å². The summed E-state index contributed by atoms with van der Waals surface area (Å²) in [5.41, 5.74) is 0.0876. The summed E-state index contributed by atoms with van der Waals surface area (Å²) in [6, 6.07) is 0.552. The molecule has 2 nitrogen and oxygen atoms in total. The van der Waals surface area contributed by atoms with Gasteiger partial charge < -0.3 is 10.4 Å². The van der Waals surface area contributed by atoms with Crippen LogP contribution < -0.4 is 5.32 Å². The lowest BCUT2D eigenvalue weighted by Crippen LogP contribution is -2.47. The van der Waals surface area contributed by atoms with Gasteiger partial charge in [-0.25, -0.2) is 0 Å². The number of hydrogen-bond donors (Lipinski definition) is 2. The van der Waals surface area contributed by atoms with Gasteiger partial charge in [0.25, 0.3) is 0 Å². The molecule has 2 rings (SSSR count). The zero-order valence-electron chi connectivity index (χ0n) is 11.1. The van der Waals surface area contributed by atoms with E-state index in [4.69, 9.17) is 0 Å². The van der Waals surface area contributed by atoms with E-state index in [1.54, 1.807) is 0 Å². The van der Waals surface area contributed by atoms with Crippen molar-refractivity contribution in [2.24, 2.45) is 11.3 Å². The van der Waals surface area contributed by atoms with Crippen LogP contribution in [0, 0.1) is 11.3 Å². The van der Waals surface area contributed by atoms with E-state index in [-0.39, 0.29) is 0 Å². The van der Waals surface area contributed by atoms with Crippen molar-refractivity contribution >= 4 is 0 Å². The summed E-state index contributed by atoms with van der Waals surface area (Å²) in [6.45, 7) is 7.69. The van der Waals surface area contributed by atoms with Crippen molar-refractivity contribution in [1.29, 1.82) is 0 Å². The Balaban J connectivity index is 1.76. The SMILES string of the molecule is CC1CCC(O)(CNC(C)C2(C)CC2)CC1. The summed E-state index contributed by atoms with van der Waals surface area (Å²) < 4.78 is 0. The minimum atomic E-state index is -0.425. The van der Waals surface area contributed by atoms with Crippen LogP contribution in [0.5, 0.6) is 0 Å². The van der Waals surface area contributed by atoms with Gasteiger partial charge in [-0.05, 0) is 56.8 Å². The molecule has 0 saturated heterocycles. The van der Waals surface area contributed by atoms with E-state index in [9.17, 15) is 5.11 Å². The molecule has 0 aliphatic heterocycles. The first-order chi connectivity index (χ1) is 7.44. The minimum absolute atomic E-state index is 0.425. The molecule has 0 bridgehead atoms. The highest BCUT2D eigenvalue weighted by Gasteiger charge is 2.43. The molecule has 2 fully saturated rings. The molecule has 2 aliphatic carbocycles. The van der Waals surface area contributed by atoms with Crippen molar-refractivity contribution in [1.82, 2.24) is 5.32 Å². The van der Waals surface area contributed by atoms with Gasteiger partial charge in [-0.3, -0.25) is 0 Å². The predicted molar refractivity (Wildman–Crippen MR) is 67.4 cm³/mol. The molecule has 0 aromatic rings. The smallest absolute Gasteiger partial charge is 0.0771 e. The number of hydrogen-bond acceptors (Lipinski definition) is 2. The highest BCUT2D eigenvalue weighted by atomic mass is 16.3. The Morgan fingerprint density at radius 3 is 2.31 bits per heavy atom. The van der Waals surface area contributed by atoms with Gasteiger partial charge in [-0.1, -0.05) is 13.8 Å². The van der Waals surface area contributed by atoms with Crippen LogP contribution in [0.3, 0.4) is 0 Å². The number of rotatable bonds is 4. The molecule has 0 aromatic carbocycles. The second-order valence-corrected chi connectivity index (χ2v) is 6.66. The number of nitrogens with one attached hydrogen (secondary N) is 1. The van der Waals surface area contributed by atoms with Gasteiger partial charge in [0.2, 0.25) is 0 Å². The van der Waals surface area contributed by atoms with E-state index in [1.807, 2.05) is 0 Å². The summed E-state index contributed by atoms with van der Waals surface area (Å²) in [7, 11) is 0. The standard InChI is InChI=1S/C14H27NO/c1-11-4-6-14(16,7-5-11)10-15-12(2)13(3)8-9-13/h11-12,15-16H,4-10H2,1-3H3. The first-order valence-electron chi connectivity index (χ1n) is 6.89. The molecule has 0 amide bonds. The zero-order valence-corrected chi connectivity index (χ0v) is 11.1. The van der Waals surface area contributed by atoms with Gasteiger partial charge >= 0.3 is 0 Å². The van der Waals surface area contributed by atoms with Crippen LogP contribution in [0.2, 0.25) is 0 Å². The molecule has 2 N–H and O–H groups in total. The summed E-state index contributed by atoms with van der Waals surface area (Å²) in [4.78, 5) is 0. The summed E-state index contributed by atoms with van der Waals surface area (Å²) in [6.07, 6.45) is 7.01. The molecule has 0 heterocycles. The molecule has 0 aromatic heterocycles. The van der Waals surface area contributed by atoms with Gasteiger partial charge in [0.1, 0.15) is 0 Å². The fourth-order valence-electron chi connectivity index (χ4n) is 2.70. The van der Waals surface area contributed by atoms with Gasteiger partial charge in [0.05, 0.1) is 5.60 Å². The van der Waals surface area contributed by atoms with Crippen LogP contribution in [0.4, 0.5) is 0 Å². The maximum absolute atomic E-state index is 10.5. The Morgan fingerprint density at radius 2 is 1.81 bits per heavy atom. The van der Waals surface area contributed by atoms with Crippen molar-refractivity contribution in [2.75, 3.05) is 6.54 Å². The van der Waals surface area contributed by atoms with Crippen LogP contribution in [-0.4, -0.2) is 23.3 Å². The van der Waals surface area contributed by atoms with Gasteiger partial charge in [0.15, 0.2) is 0 Å². The normalized spacial score (nSPS) is 39.4. The van der Waals surface area contributed by atoms with E-state index in [0.29, 0.717) is 11.5 Å². The van der Waals surface area contributed by atoms with Crippen LogP contribution >= 0.6 is 0 Å². The van der Waals surface area contributed by atoms with Gasteiger partial charge in [-0.2, -0.15) is 0 Å². The maximum atomic E-state index is 10.5. The lowest BCUT2D eigenvalue weighted by Gasteiger charge is -2.36. The largest absolute Gasteiger partial charge is 0.389 e. The first-order valence-corrected chi connectivity index (χ1v) is 6.89. The van der Waals surface area contributed by atoms with E-state index < -0.39 is 5.60 Å². The van der Waals surface area contributed by atoms with Crippen molar-refractivity contribution < 1.29 is 5.11 Å². The van der Waals surface area contributed by atoms with E-state index in [1.165, 1.54) is 25.7 Å². The molecule has 0 spiro atoms. The Labute approximate surface area is 99.8 Å². The molecular weight excluding hydrogens is 198 g/mol. The Hall–Kier alpha value is -0.0800. The highest BCUT2D eigenvalue weighted by Crippen LogP contribution is 2.48. The van der Waals surface area contributed by atoms with Crippen LogP contribution in [0.1, 0.15) is 59.3 Å². The van der Waals surface area contributed by atoms with Crippen molar-refractivity contribution in [3.8, 4) is 0 Å². The molecule has 2 aliphatic rings. The summed E-state index contributed by atoms with van der Waals surface area (Å²) in [5, 5.41) is 14.0. The fourth-order valence-corrected chi connectivity index (χ4v) is 2.70. The molecule has 16 heavy (non-hydrogen) atoms. The Bertz CT molecular complexity index is 239. The fraction of sp³-hybridized carbons (Fsp3) is 1.00. The van der Waals surface area contributed by atoms with Gasteiger partial charge in [0, 0.05) is 12.6 Å². The molecule has 0 radical (unpaired) electrons. The second-order valence-electron chi connectivity index (χ2n) is 6.66. The molecule has 94 valence electrons. The summed E-state index contributed by atoms with van der Waals surface area (Å²) in [5.74, 6) is 0.804. The molecule has 1 unspecified atom stereocenters. The van der Waals surface area contributed by atoms with Crippen molar-refractivity contribution in [3.63, 3.8) is 0 Å². The average molecular weight is 225 g/mol. The van der Waals surface area contributed by atoms with Crippen molar-refractivity contribution in [2.45, 2.75) is 70.9 Å². The topological polar surface area (TPSA) is 32.3 Å². The predicted octanol–water partition coefficient (Wildman–Crippen LogP) is 2.71. The summed E-state index contributed by atoms with van der Waals surface area (Å²) >= 11 is 0. The minimum Gasteiger partial charge on any atom is -0.389 e. The molecule has 2 saturated carbocycles. The molecule has 2 heteroatoms. The highest BCUT2D eigenvalue weighted by molar-refractivity contribution is 4.98. The second kappa shape index (κ2) is 4.30. The first kappa shape index (κ1) is 12.4. The monoisotopic (exact) mass is 225 g/mol. The quantitative estimate of drug-likeness (QED) is 0.771. The molecule has 1 atom stereocenters. The Kier molecular flexibility index (Phi) is 3.33. The number of aliphatic hydroxyl groups is 1. The van der Waals surface area contributed by atoms with Crippen molar-refractivity contribution in [3.05, 3.63) is 0 Å². The molecular formula is C14H27NO. The van der Waals surface area contributed by atoms with Crippen LogP contribution in [0.25, 0.3) is 0 Å². The van der Waals surface area contributed by atoms with E-state index in [0.717, 1.165) is 25.3 Å². The lowest BCUT2D eigenvalue weighted by atomic mass is 9.79. The van der Waals surface area contributed by atoms with Crippen LogP contribution in [0.15, 0.2) is 0 Å². The Morgan fingerprint density at radius 1 is 1.25 bits per heavy atom. The third-order valence-corrected chi connectivity index (χ3v) is 5.03. The maximum Gasteiger partial charge on any atom is 0.0771 e. The third kappa shape index (κ3) is 2.78. The average Bonchev–Trinajstić information content (AvgIpc) is 3.00. The van der Waals surface area contributed by atoms with E-state index in [2.05, 4.69) is 26.1 Å². The van der Waals surface area contributed by atoms with E-state index >= 15 is 0 Å². The lowest BCUT2D eigenvalue weighted by molar-refractivity contribution is -0.00928. The zero-order chi connectivity index (χ0) is 11.8. The third-order valence-electron chi connectivity index (χ3n) is 5.03. The van der Waals surface area contributed by atoms with Crippen LogP contribution in [-0.2, 0) is 0 Å².